The van der Waals surface area contributed by atoms with Crippen LogP contribution in [0, 0.1) is 0 Å². The van der Waals surface area contributed by atoms with Gasteiger partial charge in [0.05, 0.1) is 5.69 Å². The van der Waals surface area contributed by atoms with Crippen LogP contribution in [0.2, 0.25) is 0 Å². The maximum atomic E-state index is 4.74. The Kier molecular flexibility index (Phi) is 3.10. The molecule has 0 amide bonds. The number of fused-ring (bicyclic) bond motifs is 1. The third-order valence-electron chi connectivity index (χ3n) is 3.13. The summed E-state index contributed by atoms with van der Waals surface area (Å²) >= 11 is 0. The van der Waals surface area contributed by atoms with Crippen molar-refractivity contribution < 1.29 is 0 Å². The lowest BCUT2D eigenvalue weighted by molar-refractivity contribution is 0.491. The van der Waals surface area contributed by atoms with Crippen molar-refractivity contribution in [1.82, 2.24) is 15.1 Å². The predicted octanol–water partition coefficient (Wildman–Crippen LogP) is 2.06. The van der Waals surface area contributed by atoms with Gasteiger partial charge in [0.1, 0.15) is 0 Å². The number of hydrogen-bond donors (Lipinski definition) is 1. The molecule has 15 heavy (non-hydrogen) atoms. The smallest absolute Gasteiger partial charge is 0.0797 e. The van der Waals surface area contributed by atoms with Gasteiger partial charge in [0.25, 0.3) is 0 Å². The van der Waals surface area contributed by atoms with Gasteiger partial charge in [-0.15, -0.1) is 0 Å². The second kappa shape index (κ2) is 4.35. The van der Waals surface area contributed by atoms with Crippen molar-refractivity contribution in [1.29, 1.82) is 0 Å². The van der Waals surface area contributed by atoms with Crippen LogP contribution in [0.1, 0.15) is 49.7 Å². The summed E-state index contributed by atoms with van der Waals surface area (Å²) in [5, 5.41) is 7.95. The molecule has 3 nitrogen and oxygen atoms in total. The van der Waals surface area contributed by atoms with Crippen LogP contribution in [0.3, 0.4) is 0 Å². The molecule has 1 aromatic heterocycles. The van der Waals surface area contributed by atoms with E-state index in [1.807, 2.05) is 7.05 Å². The van der Waals surface area contributed by atoms with Gasteiger partial charge in [0.15, 0.2) is 0 Å². The lowest BCUT2D eigenvalue weighted by Gasteiger charge is -2.16. The first-order valence-corrected chi connectivity index (χ1v) is 5.97. The Morgan fingerprint density at radius 3 is 2.73 bits per heavy atom. The highest BCUT2D eigenvalue weighted by Gasteiger charge is 2.20. The van der Waals surface area contributed by atoms with E-state index < -0.39 is 0 Å². The third kappa shape index (κ3) is 1.93. The fourth-order valence-corrected chi connectivity index (χ4v) is 2.44. The molecule has 0 bridgehead atoms. The van der Waals surface area contributed by atoms with Crippen LogP contribution in [-0.2, 0) is 19.4 Å². The summed E-state index contributed by atoms with van der Waals surface area (Å²) in [7, 11) is 1.99. The van der Waals surface area contributed by atoms with E-state index in [0.29, 0.717) is 6.04 Å². The van der Waals surface area contributed by atoms with Crippen molar-refractivity contribution in [3.8, 4) is 0 Å². The lowest BCUT2D eigenvalue weighted by atomic mass is 9.95. The van der Waals surface area contributed by atoms with Gasteiger partial charge in [-0.05, 0) is 52.1 Å². The van der Waals surface area contributed by atoms with Gasteiger partial charge in [-0.2, -0.15) is 5.10 Å². The summed E-state index contributed by atoms with van der Waals surface area (Å²) in [6, 6.07) is 0.488. The zero-order valence-electron chi connectivity index (χ0n) is 10.0. The fourth-order valence-electron chi connectivity index (χ4n) is 2.44. The molecule has 1 aliphatic rings. The topological polar surface area (TPSA) is 29.9 Å². The normalized spacial score (nSPS) is 15.7. The van der Waals surface area contributed by atoms with E-state index in [-0.39, 0.29) is 0 Å². The number of hydrogen-bond acceptors (Lipinski definition) is 2. The second-order valence-corrected chi connectivity index (χ2v) is 4.65. The Bertz CT molecular complexity index is 339. The molecule has 2 rings (SSSR count). The average molecular weight is 207 g/mol. The van der Waals surface area contributed by atoms with Crippen LogP contribution < -0.4 is 5.32 Å². The highest BCUT2D eigenvalue weighted by molar-refractivity contribution is 5.29. The van der Waals surface area contributed by atoms with Gasteiger partial charge in [0, 0.05) is 18.3 Å². The highest BCUT2D eigenvalue weighted by atomic mass is 15.3. The highest BCUT2D eigenvalue weighted by Crippen LogP contribution is 2.26. The van der Waals surface area contributed by atoms with Crippen molar-refractivity contribution >= 4 is 0 Å². The van der Waals surface area contributed by atoms with Crippen molar-refractivity contribution in [3.05, 3.63) is 17.0 Å². The quantitative estimate of drug-likeness (QED) is 0.822. The standard InChI is InChI=1S/C12H21N3/c1-9(2)15-12-7-5-4-6-10(12)11(14-15)8-13-3/h9,13H,4-8H2,1-3H3. The number of aromatic nitrogens is 2. The minimum atomic E-state index is 0.488. The zero-order valence-corrected chi connectivity index (χ0v) is 10.0. The van der Waals surface area contributed by atoms with Crippen LogP contribution in [0.25, 0.3) is 0 Å². The molecule has 0 atom stereocenters. The summed E-state index contributed by atoms with van der Waals surface area (Å²) in [5.41, 5.74) is 4.27. The monoisotopic (exact) mass is 207 g/mol. The summed E-state index contributed by atoms with van der Waals surface area (Å²) in [6.07, 6.45) is 5.08. The molecule has 0 fully saturated rings. The van der Waals surface area contributed by atoms with E-state index in [2.05, 4.69) is 23.8 Å². The molecular weight excluding hydrogens is 186 g/mol. The van der Waals surface area contributed by atoms with Gasteiger partial charge in [-0.3, -0.25) is 4.68 Å². The van der Waals surface area contributed by atoms with E-state index in [0.717, 1.165) is 6.54 Å². The van der Waals surface area contributed by atoms with E-state index in [9.17, 15) is 0 Å². The molecule has 0 aliphatic heterocycles. The molecule has 0 aromatic carbocycles. The first-order valence-electron chi connectivity index (χ1n) is 5.97. The van der Waals surface area contributed by atoms with E-state index in [1.165, 1.54) is 42.6 Å². The second-order valence-electron chi connectivity index (χ2n) is 4.65. The maximum absolute atomic E-state index is 4.74. The third-order valence-corrected chi connectivity index (χ3v) is 3.13. The molecule has 0 radical (unpaired) electrons. The van der Waals surface area contributed by atoms with Gasteiger partial charge >= 0.3 is 0 Å². The van der Waals surface area contributed by atoms with Gasteiger partial charge in [0.2, 0.25) is 0 Å². The minimum absolute atomic E-state index is 0.488. The predicted molar refractivity (Wildman–Crippen MR) is 62.0 cm³/mol. The van der Waals surface area contributed by atoms with Crippen molar-refractivity contribution in [3.63, 3.8) is 0 Å². The molecule has 1 N–H and O–H groups in total. The van der Waals surface area contributed by atoms with Gasteiger partial charge < -0.3 is 5.32 Å². The number of nitrogens with one attached hydrogen (secondary N) is 1. The Hall–Kier alpha value is -0.830. The molecule has 0 unspecified atom stereocenters. The van der Waals surface area contributed by atoms with E-state index in [1.54, 1.807) is 0 Å². The van der Waals surface area contributed by atoms with Crippen LogP contribution in [0.4, 0.5) is 0 Å². The Morgan fingerprint density at radius 1 is 1.33 bits per heavy atom. The largest absolute Gasteiger partial charge is 0.314 e. The molecule has 84 valence electrons. The molecule has 0 spiro atoms. The van der Waals surface area contributed by atoms with E-state index in [4.69, 9.17) is 5.10 Å². The Morgan fingerprint density at radius 2 is 2.07 bits per heavy atom. The molecule has 1 heterocycles. The summed E-state index contributed by atoms with van der Waals surface area (Å²) in [6.45, 7) is 5.33. The molecule has 0 saturated heterocycles. The van der Waals surface area contributed by atoms with Crippen LogP contribution in [-0.4, -0.2) is 16.8 Å². The molecule has 0 saturated carbocycles. The van der Waals surface area contributed by atoms with Gasteiger partial charge in [-0.25, -0.2) is 0 Å². The van der Waals surface area contributed by atoms with Crippen LogP contribution in [0.5, 0.6) is 0 Å². The lowest BCUT2D eigenvalue weighted by Crippen LogP contribution is -2.11. The Balaban J connectivity index is 2.40. The minimum Gasteiger partial charge on any atom is -0.314 e. The van der Waals surface area contributed by atoms with Crippen LogP contribution in [0.15, 0.2) is 0 Å². The molecule has 1 aromatic rings. The Labute approximate surface area is 91.9 Å². The molecular formula is C12H21N3. The summed E-state index contributed by atoms with van der Waals surface area (Å²) < 4.78 is 2.22. The van der Waals surface area contributed by atoms with Crippen molar-refractivity contribution in [2.75, 3.05) is 7.05 Å². The average Bonchev–Trinajstić information content (AvgIpc) is 2.59. The SMILES string of the molecule is CNCc1nn(C(C)C)c2c1CCCC2. The summed E-state index contributed by atoms with van der Waals surface area (Å²) in [4.78, 5) is 0. The van der Waals surface area contributed by atoms with Crippen molar-refractivity contribution in [2.24, 2.45) is 0 Å². The number of nitrogens with zero attached hydrogens (tertiary/aromatic N) is 2. The molecule has 1 aliphatic carbocycles. The first kappa shape index (κ1) is 10.7. The number of rotatable bonds is 3. The van der Waals surface area contributed by atoms with Crippen molar-refractivity contribution in [2.45, 2.75) is 52.1 Å². The molecule has 3 heteroatoms. The van der Waals surface area contributed by atoms with Gasteiger partial charge in [-0.1, -0.05) is 0 Å². The summed E-state index contributed by atoms with van der Waals surface area (Å²) in [5.74, 6) is 0. The zero-order chi connectivity index (χ0) is 10.8. The first-order chi connectivity index (χ1) is 7.24. The fraction of sp³-hybridized carbons (Fsp3) is 0.750. The maximum Gasteiger partial charge on any atom is 0.0797 e. The van der Waals surface area contributed by atoms with Crippen LogP contribution >= 0.6 is 0 Å². The van der Waals surface area contributed by atoms with E-state index >= 15 is 0 Å².